The molecule has 0 saturated heterocycles. The minimum atomic E-state index is 0.267. The van der Waals surface area contributed by atoms with Crippen molar-refractivity contribution in [1.29, 1.82) is 0 Å². The fourth-order valence-electron chi connectivity index (χ4n) is 2.95. The molecule has 3 heteroatoms. The maximum Gasteiger partial charge on any atom is 0.137 e. The lowest BCUT2D eigenvalue weighted by atomic mass is 9.94. The lowest BCUT2D eigenvalue weighted by molar-refractivity contribution is 0.191. The smallest absolute Gasteiger partial charge is 0.137 e. The van der Waals surface area contributed by atoms with Crippen molar-refractivity contribution in [3.63, 3.8) is 0 Å². The number of benzene rings is 1. The van der Waals surface area contributed by atoms with Gasteiger partial charge in [0, 0.05) is 18.1 Å². The fraction of sp³-hybridized carbons (Fsp3) is 0.467. The summed E-state index contributed by atoms with van der Waals surface area (Å²) in [4.78, 5) is 0. The summed E-state index contributed by atoms with van der Waals surface area (Å²) in [6, 6.07) is 1.95. The molecule has 2 bridgehead atoms. The van der Waals surface area contributed by atoms with Gasteiger partial charge in [0.2, 0.25) is 0 Å². The van der Waals surface area contributed by atoms with Crippen LogP contribution in [0.15, 0.2) is 12.6 Å². The molecule has 3 nitrogen and oxygen atoms in total. The van der Waals surface area contributed by atoms with E-state index in [9.17, 15) is 0 Å². The van der Waals surface area contributed by atoms with E-state index in [-0.39, 0.29) is 6.10 Å². The van der Waals surface area contributed by atoms with E-state index in [2.05, 4.69) is 6.58 Å². The molecular formula is C15H18O3. The first-order valence-electron chi connectivity index (χ1n) is 6.37. The van der Waals surface area contributed by atoms with Crippen LogP contribution in [0.2, 0.25) is 0 Å². The lowest BCUT2D eigenvalue weighted by Crippen LogP contribution is -2.21. The first-order chi connectivity index (χ1) is 8.74. The molecule has 2 heterocycles. The standard InChI is InChI=1S/C15H18O3/c1-9-7-10-5-4-6-11-12(16-2)8-13(17-3)14(9)15(11)18-10/h8,10H,1,4-7H2,2-3H3/t10-/m1/s1. The third-order valence-electron chi connectivity index (χ3n) is 3.81. The second-order valence-electron chi connectivity index (χ2n) is 4.90. The zero-order valence-corrected chi connectivity index (χ0v) is 10.9. The van der Waals surface area contributed by atoms with Crippen molar-refractivity contribution in [3.05, 3.63) is 23.8 Å². The molecule has 2 aliphatic heterocycles. The van der Waals surface area contributed by atoms with Crippen LogP contribution >= 0.6 is 0 Å². The van der Waals surface area contributed by atoms with E-state index in [4.69, 9.17) is 14.2 Å². The van der Waals surface area contributed by atoms with Gasteiger partial charge in [-0.2, -0.15) is 0 Å². The summed E-state index contributed by atoms with van der Waals surface area (Å²) in [6.45, 7) is 4.19. The zero-order chi connectivity index (χ0) is 12.7. The van der Waals surface area contributed by atoms with E-state index in [1.807, 2.05) is 6.07 Å². The van der Waals surface area contributed by atoms with E-state index in [1.54, 1.807) is 14.2 Å². The van der Waals surface area contributed by atoms with Crippen LogP contribution in [0, 0.1) is 0 Å². The summed E-state index contributed by atoms with van der Waals surface area (Å²) in [5, 5.41) is 0. The van der Waals surface area contributed by atoms with Crippen LogP contribution in [0.1, 0.15) is 30.4 Å². The highest BCUT2D eigenvalue weighted by molar-refractivity contribution is 5.79. The molecule has 2 aliphatic rings. The van der Waals surface area contributed by atoms with Gasteiger partial charge in [0.1, 0.15) is 23.4 Å². The quantitative estimate of drug-likeness (QED) is 0.802. The summed E-state index contributed by atoms with van der Waals surface area (Å²) in [6.07, 6.45) is 4.38. The van der Waals surface area contributed by atoms with Crippen molar-refractivity contribution in [2.45, 2.75) is 31.8 Å². The van der Waals surface area contributed by atoms with Crippen LogP contribution < -0.4 is 14.2 Å². The summed E-state index contributed by atoms with van der Waals surface area (Å²) in [7, 11) is 3.37. The Labute approximate surface area is 107 Å². The van der Waals surface area contributed by atoms with Gasteiger partial charge in [0.15, 0.2) is 0 Å². The molecule has 18 heavy (non-hydrogen) atoms. The third kappa shape index (κ3) is 1.57. The summed E-state index contributed by atoms with van der Waals surface area (Å²) >= 11 is 0. The molecule has 0 spiro atoms. The average molecular weight is 246 g/mol. The summed E-state index contributed by atoms with van der Waals surface area (Å²) < 4.78 is 17.0. The van der Waals surface area contributed by atoms with Crippen LogP contribution in [0.5, 0.6) is 17.2 Å². The lowest BCUT2D eigenvalue weighted by Gasteiger charge is -2.29. The first-order valence-corrected chi connectivity index (χ1v) is 6.37. The highest BCUT2D eigenvalue weighted by Crippen LogP contribution is 2.49. The van der Waals surface area contributed by atoms with Gasteiger partial charge in [-0.3, -0.25) is 0 Å². The molecule has 0 aliphatic carbocycles. The number of methoxy groups -OCH3 is 2. The van der Waals surface area contributed by atoms with E-state index in [0.717, 1.165) is 59.6 Å². The van der Waals surface area contributed by atoms with E-state index < -0.39 is 0 Å². The molecule has 1 aromatic rings. The Morgan fingerprint density at radius 2 is 2.06 bits per heavy atom. The van der Waals surface area contributed by atoms with Crippen molar-refractivity contribution in [2.75, 3.05) is 14.2 Å². The Morgan fingerprint density at radius 1 is 1.28 bits per heavy atom. The van der Waals surface area contributed by atoms with E-state index >= 15 is 0 Å². The second kappa shape index (κ2) is 4.23. The van der Waals surface area contributed by atoms with Gasteiger partial charge in [0.25, 0.3) is 0 Å². The van der Waals surface area contributed by atoms with Gasteiger partial charge in [0.05, 0.1) is 19.8 Å². The van der Waals surface area contributed by atoms with E-state index in [0.29, 0.717) is 0 Å². The highest BCUT2D eigenvalue weighted by Gasteiger charge is 2.32. The monoisotopic (exact) mass is 246 g/mol. The molecule has 0 saturated carbocycles. The van der Waals surface area contributed by atoms with Crippen molar-refractivity contribution in [2.24, 2.45) is 0 Å². The van der Waals surface area contributed by atoms with Gasteiger partial charge in [-0.05, 0) is 24.8 Å². The van der Waals surface area contributed by atoms with Crippen LogP contribution in [0.4, 0.5) is 0 Å². The topological polar surface area (TPSA) is 27.7 Å². The van der Waals surface area contributed by atoms with Gasteiger partial charge >= 0.3 is 0 Å². The number of ether oxygens (including phenoxy) is 3. The SMILES string of the molecule is C=C1C[C@H]2CCCc3c(OC)cc(OC)c1c3O2. The zero-order valence-electron chi connectivity index (χ0n) is 10.9. The molecular weight excluding hydrogens is 228 g/mol. The second-order valence-corrected chi connectivity index (χ2v) is 4.90. The van der Waals surface area contributed by atoms with Crippen LogP contribution in [0.3, 0.4) is 0 Å². The minimum Gasteiger partial charge on any atom is -0.496 e. The van der Waals surface area contributed by atoms with Crippen LogP contribution in [0.25, 0.3) is 5.57 Å². The molecule has 0 amide bonds. The number of hydrogen-bond donors (Lipinski definition) is 0. The van der Waals surface area contributed by atoms with Gasteiger partial charge in [-0.15, -0.1) is 0 Å². The predicted octanol–water partition coefficient (Wildman–Crippen LogP) is 3.20. The molecule has 0 fully saturated rings. The van der Waals surface area contributed by atoms with Crippen molar-refractivity contribution < 1.29 is 14.2 Å². The normalized spacial score (nSPS) is 21.0. The molecule has 96 valence electrons. The molecule has 0 N–H and O–H groups in total. The van der Waals surface area contributed by atoms with E-state index in [1.165, 1.54) is 0 Å². The maximum absolute atomic E-state index is 6.11. The fourth-order valence-corrected chi connectivity index (χ4v) is 2.95. The Hall–Kier alpha value is -1.64. The molecule has 0 unspecified atom stereocenters. The highest BCUT2D eigenvalue weighted by atomic mass is 16.5. The Bertz CT molecular complexity index is 505. The van der Waals surface area contributed by atoms with Crippen molar-refractivity contribution in [3.8, 4) is 17.2 Å². The number of rotatable bonds is 2. The predicted molar refractivity (Wildman–Crippen MR) is 70.6 cm³/mol. The third-order valence-corrected chi connectivity index (χ3v) is 3.81. The summed E-state index contributed by atoms with van der Waals surface area (Å²) in [5.41, 5.74) is 3.31. The molecule has 0 aromatic heterocycles. The van der Waals surface area contributed by atoms with Crippen LogP contribution in [-0.2, 0) is 6.42 Å². The summed E-state index contributed by atoms with van der Waals surface area (Å²) in [5.74, 6) is 2.60. The van der Waals surface area contributed by atoms with Crippen molar-refractivity contribution in [1.82, 2.24) is 0 Å². The average Bonchev–Trinajstić information content (AvgIpc) is 2.56. The minimum absolute atomic E-state index is 0.267. The maximum atomic E-state index is 6.11. The van der Waals surface area contributed by atoms with Gasteiger partial charge in [-0.25, -0.2) is 0 Å². The first kappa shape index (κ1) is 11.5. The largest absolute Gasteiger partial charge is 0.496 e. The molecule has 3 rings (SSSR count). The Morgan fingerprint density at radius 3 is 2.78 bits per heavy atom. The van der Waals surface area contributed by atoms with Crippen molar-refractivity contribution >= 4 is 5.57 Å². The Balaban J connectivity index is 2.27. The Kier molecular flexibility index (Phi) is 2.69. The molecule has 1 atom stereocenters. The number of hydrogen-bond acceptors (Lipinski definition) is 3. The molecule has 0 radical (unpaired) electrons. The number of fused-ring (bicyclic) bond motifs is 1. The van der Waals surface area contributed by atoms with Crippen LogP contribution in [-0.4, -0.2) is 20.3 Å². The van der Waals surface area contributed by atoms with Gasteiger partial charge in [-0.1, -0.05) is 6.58 Å². The van der Waals surface area contributed by atoms with Gasteiger partial charge < -0.3 is 14.2 Å². The molecule has 1 aromatic carbocycles.